The first-order valence-electron chi connectivity index (χ1n) is 27.6. The van der Waals surface area contributed by atoms with Gasteiger partial charge in [-0.25, -0.2) is 57.5 Å². The first-order chi connectivity index (χ1) is 39.6. The van der Waals surface area contributed by atoms with E-state index in [1.54, 1.807) is 0 Å². The van der Waals surface area contributed by atoms with E-state index in [4.69, 9.17) is 9.47 Å². The van der Waals surface area contributed by atoms with Gasteiger partial charge in [-0.1, -0.05) is 0 Å². The van der Waals surface area contributed by atoms with Crippen molar-refractivity contribution in [3.63, 3.8) is 0 Å². The Kier molecular flexibility index (Phi) is 15.4. The SMILES string of the molecule is CCOCC.CCOCC.O.O.O.O.O.O.O.O.O=C1N2CN3C(=O)N4CN5C(=O)N6CN7C(=O)N8CN9C(=O)N%10CN%11C(=O)N%12CN1C1C2N2CN%13C(=O)N(CN%14C(=O)N(CN%15C(=O)N(CN%16C(=O)N(CN%17C(=O)N(CN1C2=O)C%12C%11%17)C%10C9%16)C8C7%15)C6C5%14)C4C3%13. The van der Waals surface area contributed by atoms with E-state index in [1.165, 1.54) is 118 Å². The van der Waals surface area contributed by atoms with Crippen LogP contribution in [0, 0.1) is 0 Å². The molecule has 0 spiro atoms. The Hall–Kier alpha value is -9.16. The second-order valence-electron chi connectivity index (χ2n) is 22.9. The number of ether oxygens (including phenoxy) is 2. The third-order valence-electron chi connectivity index (χ3n) is 19.6. The summed E-state index contributed by atoms with van der Waals surface area (Å²) < 4.78 is 9.67. The molecule has 18 aliphatic heterocycles. The Bertz CT molecular complexity index is 2270. The minimum atomic E-state index is -1.16. The molecular formula is C44H72N24O22. The normalized spacial score (nSPS) is 33.2. The van der Waals surface area contributed by atoms with E-state index in [2.05, 4.69) is 0 Å². The number of carbonyl (C=O) groups is 12. The van der Waals surface area contributed by atoms with Gasteiger partial charge in [0.05, 0.1) is 0 Å². The number of nitrogens with zero attached hydrogens (tertiary/aromatic N) is 24. The molecule has 0 aromatic heterocycles. The zero-order valence-corrected chi connectivity index (χ0v) is 48.7. The molecule has 0 aromatic carbocycles. The third kappa shape index (κ3) is 7.13. The molecule has 18 heterocycles. The highest BCUT2D eigenvalue weighted by molar-refractivity contribution is 5.95. The van der Waals surface area contributed by atoms with Crippen LogP contribution in [0.3, 0.4) is 0 Å². The highest BCUT2D eigenvalue weighted by atomic mass is 16.5. The number of hydrogen-bond donors (Lipinski definition) is 0. The molecule has 24 amide bonds. The van der Waals surface area contributed by atoms with Crippen LogP contribution in [0.1, 0.15) is 27.7 Å². The van der Waals surface area contributed by atoms with Crippen LogP contribution in [-0.2, 0) is 9.47 Å². The molecule has 90 heavy (non-hydrogen) atoms. The highest BCUT2D eigenvalue weighted by Crippen LogP contribution is 2.51. The van der Waals surface area contributed by atoms with Gasteiger partial charge in [0.15, 0.2) is 74.0 Å². The predicted molar refractivity (Wildman–Crippen MR) is 286 cm³/mol. The topological polar surface area (TPSA) is 553 Å². The predicted octanol–water partition coefficient (Wildman–Crippen LogP) is -10.2. The molecule has 0 radical (unpaired) electrons. The van der Waals surface area contributed by atoms with E-state index in [1.807, 2.05) is 27.7 Å². The van der Waals surface area contributed by atoms with Gasteiger partial charge in [-0.15, -0.1) is 0 Å². The first-order valence-corrected chi connectivity index (χ1v) is 27.6. The van der Waals surface area contributed by atoms with Crippen molar-refractivity contribution >= 4 is 72.4 Å². The monoisotopic (exact) mass is 1290 g/mol. The van der Waals surface area contributed by atoms with Gasteiger partial charge < -0.3 is 53.3 Å². The number of urea groups is 12. The van der Waals surface area contributed by atoms with Crippen LogP contribution >= 0.6 is 0 Å². The zero-order chi connectivity index (χ0) is 56.4. The molecule has 0 atom stereocenters. The highest BCUT2D eigenvalue weighted by Gasteiger charge is 2.76. The fourth-order valence-corrected chi connectivity index (χ4v) is 16.4. The van der Waals surface area contributed by atoms with E-state index >= 15 is 57.5 Å². The average molecular weight is 1290 g/mol. The van der Waals surface area contributed by atoms with Crippen molar-refractivity contribution in [2.45, 2.75) is 102 Å². The maximum atomic E-state index is 15.1. The summed E-state index contributed by atoms with van der Waals surface area (Å²) in [4.78, 5) is 213. The van der Waals surface area contributed by atoms with Crippen molar-refractivity contribution < 1.29 is 111 Å². The molecule has 18 saturated heterocycles. The van der Waals surface area contributed by atoms with E-state index in [9.17, 15) is 0 Å². The fraction of sp³-hybridized carbons (Fsp3) is 0.727. The quantitative estimate of drug-likeness (QED) is 0.252. The Morgan fingerprint density at radius 2 is 0.256 bits per heavy atom. The van der Waals surface area contributed by atoms with Crippen LogP contribution < -0.4 is 0 Å². The molecule has 0 aliphatic carbocycles. The maximum Gasteiger partial charge on any atom is 0.326 e. The van der Waals surface area contributed by atoms with Crippen LogP contribution in [0.4, 0.5) is 57.5 Å². The standard InChI is InChI=1S/C36H36N24O12.2C4H10O.8H2O/c61-25-37-1-38-14-16-42(26(38)62)4-46-18-20-50(30(46)66)8-54-22-24-58(34(54)70)11-57-23-21-53(33(57)69)7-49-19-17-45(29(49)65)3-41(25)15-13(37)39-2-40(14)28(64)44(16)6-48(18)32(68)52(20)10-56(22)36(72)60(24)12-59(23)35(71)55(21)9-51(19)31(67)47(17)5-43(15)27(39)63;2*1-3-5-4-2;;;;;;;;/h13-24H,1-12H2;2*3-4H2,1-2H3;8*1H2. The van der Waals surface area contributed by atoms with Crippen LogP contribution in [0.5, 0.6) is 0 Å². The van der Waals surface area contributed by atoms with E-state index in [-0.39, 0.29) is 43.8 Å². The van der Waals surface area contributed by atoms with Crippen molar-refractivity contribution in [2.75, 3.05) is 106 Å². The lowest BCUT2D eigenvalue weighted by molar-refractivity contribution is -0.0210. The Labute approximate surface area is 508 Å². The second-order valence-corrected chi connectivity index (χ2v) is 22.9. The van der Waals surface area contributed by atoms with Crippen molar-refractivity contribution in [3.05, 3.63) is 0 Å². The minimum absolute atomic E-state index is 0. The lowest BCUT2D eigenvalue weighted by Crippen LogP contribution is -2.63. The second kappa shape index (κ2) is 21.2. The molecule has 0 aromatic rings. The Balaban J connectivity index is 0.000000499. The van der Waals surface area contributed by atoms with Gasteiger partial charge >= 0.3 is 72.4 Å². The average Bonchev–Trinajstić information content (AvgIpc) is 1.54. The number of amides is 24. The molecule has 46 heteroatoms. The fourth-order valence-electron chi connectivity index (χ4n) is 16.4. The van der Waals surface area contributed by atoms with Gasteiger partial charge in [0, 0.05) is 26.4 Å². The molecule has 0 bridgehead atoms. The van der Waals surface area contributed by atoms with Crippen molar-refractivity contribution in [3.8, 4) is 0 Å². The van der Waals surface area contributed by atoms with Gasteiger partial charge in [-0.2, -0.15) is 0 Å². The van der Waals surface area contributed by atoms with Crippen molar-refractivity contribution in [2.24, 2.45) is 0 Å². The van der Waals surface area contributed by atoms with Crippen LogP contribution in [0.15, 0.2) is 0 Å². The lowest BCUT2D eigenvalue weighted by Gasteiger charge is -2.42. The van der Waals surface area contributed by atoms with Gasteiger partial charge in [-0.05, 0) is 27.7 Å². The van der Waals surface area contributed by atoms with Crippen LogP contribution in [0.25, 0.3) is 0 Å². The molecule has 18 rings (SSSR count). The summed E-state index contributed by atoms with van der Waals surface area (Å²) in [5, 5.41) is 0. The number of hydrogen-bond acceptors (Lipinski definition) is 14. The molecule has 46 nitrogen and oxygen atoms in total. The van der Waals surface area contributed by atoms with Gasteiger partial charge in [0.25, 0.3) is 0 Å². The number of carbonyl (C=O) groups excluding carboxylic acids is 12. The van der Waals surface area contributed by atoms with E-state index in [0.29, 0.717) is 0 Å². The van der Waals surface area contributed by atoms with Gasteiger partial charge in [-0.3, -0.25) is 118 Å². The maximum absolute atomic E-state index is 15.1. The van der Waals surface area contributed by atoms with Crippen LogP contribution in [0.2, 0.25) is 0 Å². The minimum Gasteiger partial charge on any atom is -0.412 e. The molecule has 16 N–H and O–H groups in total. The Morgan fingerprint density at radius 1 is 0.189 bits per heavy atom. The van der Waals surface area contributed by atoms with Gasteiger partial charge in [0.2, 0.25) is 0 Å². The first kappa shape index (κ1) is 65.3. The molecular weight excluding hydrogens is 1220 g/mol. The largest absolute Gasteiger partial charge is 0.412 e. The summed E-state index contributed by atoms with van der Waals surface area (Å²) in [5.41, 5.74) is 0. The zero-order valence-electron chi connectivity index (χ0n) is 48.7. The molecule has 0 unspecified atom stereocenters. The molecule has 500 valence electrons. The smallest absolute Gasteiger partial charge is 0.326 e. The summed E-state index contributed by atoms with van der Waals surface area (Å²) in [6, 6.07) is -7.90. The van der Waals surface area contributed by atoms with E-state index in [0.717, 1.165) is 26.4 Å². The van der Waals surface area contributed by atoms with Crippen molar-refractivity contribution in [1.82, 2.24) is 118 Å². The van der Waals surface area contributed by atoms with E-state index < -0.39 is 226 Å². The summed E-state index contributed by atoms with van der Waals surface area (Å²) in [7, 11) is 0. The summed E-state index contributed by atoms with van der Waals surface area (Å²) in [6.07, 6.45) is -13.9. The summed E-state index contributed by atoms with van der Waals surface area (Å²) >= 11 is 0. The number of rotatable bonds is 4. The lowest BCUT2D eigenvalue weighted by atomic mass is 10.2. The Morgan fingerprint density at radius 3 is 0.300 bits per heavy atom. The van der Waals surface area contributed by atoms with Crippen LogP contribution in [-0.4, -0.2) is 414 Å². The molecule has 18 aliphatic rings. The molecule has 18 fully saturated rings. The molecule has 0 saturated carbocycles. The van der Waals surface area contributed by atoms with Gasteiger partial charge in [0.1, 0.15) is 80.0 Å². The summed E-state index contributed by atoms with van der Waals surface area (Å²) in [5.74, 6) is 0. The van der Waals surface area contributed by atoms with Crippen molar-refractivity contribution in [1.29, 1.82) is 0 Å². The third-order valence-corrected chi connectivity index (χ3v) is 19.6. The summed E-state index contributed by atoms with van der Waals surface area (Å²) in [6.45, 7) is 5.85.